The average Bonchev–Trinajstić information content (AvgIpc) is 2.60. The minimum absolute atomic E-state index is 0.232. The van der Waals surface area contributed by atoms with Gasteiger partial charge in [-0.3, -0.25) is 4.79 Å². The first-order valence-electron chi connectivity index (χ1n) is 8.73. The number of esters is 1. The van der Waals surface area contributed by atoms with Gasteiger partial charge in [-0.25, -0.2) is 0 Å². The number of nitrogens with zero attached hydrogens (tertiary/aromatic N) is 1. The number of carbonyl (C=O) groups excluding carboxylic acids is 1. The van der Waals surface area contributed by atoms with Gasteiger partial charge in [0, 0.05) is 0 Å². The lowest BCUT2D eigenvalue weighted by atomic mass is 9.79. The molecule has 1 unspecified atom stereocenters. The van der Waals surface area contributed by atoms with Gasteiger partial charge in [0.2, 0.25) is 0 Å². The Bertz CT molecular complexity index is 488. The van der Waals surface area contributed by atoms with Crippen LogP contribution in [0.3, 0.4) is 0 Å². The zero-order chi connectivity index (χ0) is 18.8. The van der Waals surface area contributed by atoms with E-state index in [0.717, 1.165) is 19.2 Å². The second-order valence-corrected chi connectivity index (χ2v) is 8.88. The third-order valence-corrected chi connectivity index (χ3v) is 4.76. The molecule has 0 amide bonds. The van der Waals surface area contributed by atoms with Gasteiger partial charge in [-0.15, -0.1) is 0 Å². The van der Waals surface area contributed by atoms with Crippen LogP contribution in [0.2, 0.25) is 6.32 Å². The number of rotatable bonds is 6. The normalized spacial score (nSPS) is 21.9. The molecule has 1 heterocycles. The van der Waals surface area contributed by atoms with Crippen LogP contribution in [0.25, 0.3) is 0 Å². The predicted octanol–water partition coefficient (Wildman–Crippen LogP) is 4.12. The van der Waals surface area contributed by atoms with E-state index in [2.05, 4.69) is 6.07 Å². The summed E-state index contributed by atoms with van der Waals surface area (Å²) >= 11 is 0. The van der Waals surface area contributed by atoms with Crippen LogP contribution in [-0.2, 0) is 18.8 Å². The van der Waals surface area contributed by atoms with Crippen molar-refractivity contribution in [3.05, 3.63) is 0 Å². The molecule has 1 saturated heterocycles. The van der Waals surface area contributed by atoms with E-state index in [1.807, 2.05) is 27.7 Å². The van der Waals surface area contributed by atoms with Gasteiger partial charge in [0.1, 0.15) is 5.60 Å². The number of unbranched alkanes of at least 4 members (excludes halogenated alkanes) is 1. The van der Waals surface area contributed by atoms with Crippen molar-refractivity contribution < 1.29 is 18.8 Å². The van der Waals surface area contributed by atoms with Crippen molar-refractivity contribution >= 4 is 13.1 Å². The highest BCUT2D eigenvalue weighted by atomic mass is 16.7. The molecule has 1 aliphatic rings. The van der Waals surface area contributed by atoms with E-state index in [-0.39, 0.29) is 18.3 Å². The van der Waals surface area contributed by atoms with Gasteiger partial charge in [-0.2, -0.15) is 5.26 Å². The first-order valence-corrected chi connectivity index (χ1v) is 8.73. The van der Waals surface area contributed by atoms with Gasteiger partial charge < -0.3 is 14.0 Å². The van der Waals surface area contributed by atoms with E-state index in [1.54, 1.807) is 27.7 Å². The topological polar surface area (TPSA) is 68.6 Å². The molecule has 0 aromatic rings. The summed E-state index contributed by atoms with van der Waals surface area (Å²) in [6, 6.07) is 2.12. The van der Waals surface area contributed by atoms with E-state index in [1.165, 1.54) is 0 Å². The molecular weight excluding hydrogens is 305 g/mol. The monoisotopic (exact) mass is 337 g/mol. The van der Waals surface area contributed by atoms with Gasteiger partial charge in [0.15, 0.2) is 5.41 Å². The van der Waals surface area contributed by atoms with Crippen molar-refractivity contribution in [2.45, 2.75) is 97.8 Å². The molecule has 0 radical (unpaired) electrons. The highest BCUT2D eigenvalue weighted by Gasteiger charge is 2.50. The maximum Gasteiger partial charge on any atom is 0.457 e. The van der Waals surface area contributed by atoms with Crippen LogP contribution in [-0.4, -0.2) is 29.9 Å². The summed E-state index contributed by atoms with van der Waals surface area (Å²) in [6.45, 7) is 15.2. The number of hydrogen-bond acceptors (Lipinski definition) is 5. The van der Waals surface area contributed by atoms with Crippen LogP contribution in [0.15, 0.2) is 0 Å². The van der Waals surface area contributed by atoms with Crippen LogP contribution in [0, 0.1) is 16.7 Å². The number of nitriles is 1. The van der Waals surface area contributed by atoms with Crippen LogP contribution in [0.1, 0.15) is 74.7 Å². The fourth-order valence-electron chi connectivity index (χ4n) is 2.47. The molecule has 1 rings (SSSR count). The molecule has 1 aliphatic heterocycles. The molecule has 136 valence electrons. The SMILES string of the molecule is CC(C)(C)OC(=O)C(C)(C#N)CCCCB1OC(C)(C)C(C)(C)O1. The molecule has 6 heteroatoms. The Kier molecular flexibility index (Phi) is 6.17. The third kappa shape index (κ3) is 5.22. The summed E-state index contributed by atoms with van der Waals surface area (Å²) in [5.41, 5.74) is -2.34. The van der Waals surface area contributed by atoms with Gasteiger partial charge in [-0.1, -0.05) is 12.8 Å². The van der Waals surface area contributed by atoms with Gasteiger partial charge >= 0.3 is 13.1 Å². The van der Waals surface area contributed by atoms with Crippen molar-refractivity contribution in [1.29, 1.82) is 5.26 Å². The standard InChI is InChI=1S/C18H32BNO4/c1-15(2,3)22-14(21)18(8,13-20)11-9-10-12-19-23-16(4,5)17(6,7)24-19/h9-12H2,1-8H3. The van der Waals surface area contributed by atoms with E-state index < -0.39 is 17.0 Å². The quantitative estimate of drug-likeness (QED) is 0.414. The molecule has 0 aromatic heterocycles. The molecule has 0 bridgehead atoms. The molecule has 0 saturated carbocycles. The number of carbonyl (C=O) groups is 1. The van der Waals surface area contributed by atoms with Crippen LogP contribution >= 0.6 is 0 Å². The molecule has 0 spiro atoms. The minimum Gasteiger partial charge on any atom is -0.459 e. The maximum absolute atomic E-state index is 12.2. The lowest BCUT2D eigenvalue weighted by Gasteiger charge is -2.32. The van der Waals surface area contributed by atoms with Gasteiger partial charge in [0.25, 0.3) is 0 Å². The second kappa shape index (κ2) is 7.05. The largest absolute Gasteiger partial charge is 0.459 e. The average molecular weight is 337 g/mol. The van der Waals surface area contributed by atoms with E-state index in [4.69, 9.17) is 14.0 Å². The van der Waals surface area contributed by atoms with Crippen LogP contribution in [0.5, 0.6) is 0 Å². The molecule has 5 nitrogen and oxygen atoms in total. The van der Waals surface area contributed by atoms with Crippen LogP contribution < -0.4 is 0 Å². The third-order valence-electron chi connectivity index (χ3n) is 4.76. The Hall–Kier alpha value is -1.06. The van der Waals surface area contributed by atoms with Crippen molar-refractivity contribution in [2.75, 3.05) is 0 Å². The molecule has 24 heavy (non-hydrogen) atoms. The molecule has 0 aromatic carbocycles. The van der Waals surface area contributed by atoms with E-state index in [0.29, 0.717) is 6.42 Å². The Morgan fingerprint density at radius 2 is 1.58 bits per heavy atom. The lowest BCUT2D eigenvalue weighted by Crippen LogP contribution is -2.41. The molecule has 0 N–H and O–H groups in total. The zero-order valence-electron chi connectivity index (χ0n) is 16.5. The first-order chi connectivity index (χ1) is 10.7. The van der Waals surface area contributed by atoms with Crippen LogP contribution in [0.4, 0.5) is 0 Å². The second-order valence-electron chi connectivity index (χ2n) is 8.88. The van der Waals surface area contributed by atoms with Crippen molar-refractivity contribution in [3.63, 3.8) is 0 Å². The fraction of sp³-hybridized carbons (Fsp3) is 0.889. The minimum atomic E-state index is -1.11. The zero-order valence-corrected chi connectivity index (χ0v) is 16.5. The predicted molar refractivity (Wildman–Crippen MR) is 94.3 cm³/mol. The summed E-state index contributed by atoms with van der Waals surface area (Å²) in [5, 5.41) is 9.40. The first kappa shape index (κ1) is 21.0. The number of hydrogen-bond donors (Lipinski definition) is 0. The molecule has 1 fully saturated rings. The summed E-state index contributed by atoms with van der Waals surface area (Å²) < 4.78 is 17.3. The Morgan fingerprint density at radius 1 is 1.08 bits per heavy atom. The van der Waals surface area contributed by atoms with E-state index >= 15 is 0 Å². The maximum atomic E-state index is 12.2. The highest BCUT2D eigenvalue weighted by Crippen LogP contribution is 2.38. The summed E-state index contributed by atoms with van der Waals surface area (Å²) in [7, 11) is -0.232. The Morgan fingerprint density at radius 3 is 2.00 bits per heavy atom. The van der Waals surface area contributed by atoms with Crippen molar-refractivity contribution in [2.24, 2.45) is 5.41 Å². The Labute approximate surface area is 147 Å². The fourth-order valence-corrected chi connectivity index (χ4v) is 2.47. The molecular formula is C18H32BNO4. The molecule has 0 aliphatic carbocycles. The molecule has 1 atom stereocenters. The smallest absolute Gasteiger partial charge is 0.457 e. The van der Waals surface area contributed by atoms with Crippen molar-refractivity contribution in [1.82, 2.24) is 0 Å². The van der Waals surface area contributed by atoms with Gasteiger partial charge in [-0.05, 0) is 68.1 Å². The van der Waals surface area contributed by atoms with Gasteiger partial charge in [0.05, 0.1) is 17.3 Å². The summed E-state index contributed by atoms with van der Waals surface area (Å²) in [5.74, 6) is -0.451. The lowest BCUT2D eigenvalue weighted by molar-refractivity contribution is -0.163. The highest BCUT2D eigenvalue weighted by molar-refractivity contribution is 6.45. The number of ether oxygens (including phenoxy) is 1. The van der Waals surface area contributed by atoms with Crippen molar-refractivity contribution in [3.8, 4) is 6.07 Å². The summed E-state index contributed by atoms with van der Waals surface area (Å²) in [4.78, 5) is 12.2. The Balaban J connectivity index is 2.46. The van der Waals surface area contributed by atoms with E-state index in [9.17, 15) is 10.1 Å². The summed E-state index contributed by atoms with van der Waals surface area (Å²) in [6.07, 6.45) is 2.80.